The second-order valence-electron chi connectivity index (χ2n) is 3.00. The molecule has 0 aromatic rings. The van der Waals surface area contributed by atoms with Crippen LogP contribution in [0, 0.1) is 0 Å². The van der Waals surface area contributed by atoms with E-state index >= 15 is 0 Å². The maximum absolute atomic E-state index is 6.00. The van der Waals surface area contributed by atoms with Crippen LogP contribution in [0.5, 0.6) is 0 Å². The number of hydrogen-bond acceptors (Lipinski definition) is 2. The fourth-order valence-electron chi connectivity index (χ4n) is 1.54. The number of rotatable bonds is 0. The summed E-state index contributed by atoms with van der Waals surface area (Å²) in [6.07, 6.45) is 3.05. The molecule has 0 radical (unpaired) electrons. The van der Waals surface area contributed by atoms with Gasteiger partial charge in [-0.15, -0.1) is 0 Å². The summed E-state index contributed by atoms with van der Waals surface area (Å²) in [6.45, 7) is 1.84. The first-order valence-electron chi connectivity index (χ1n) is 4.14. The van der Waals surface area contributed by atoms with Crippen LogP contribution >= 0.6 is 23.2 Å². The Bertz CT molecular complexity index is 258. The molecule has 0 unspecified atom stereocenters. The van der Waals surface area contributed by atoms with E-state index in [0.29, 0.717) is 5.16 Å². The molecule has 0 aromatic carbocycles. The Kier molecular flexibility index (Phi) is 2.28. The van der Waals surface area contributed by atoms with Gasteiger partial charge in [-0.1, -0.05) is 23.2 Å². The Morgan fingerprint density at radius 2 is 2.08 bits per heavy atom. The molecule has 2 aliphatic heterocycles. The molecule has 0 N–H and O–H groups in total. The molecule has 66 valence electrons. The summed E-state index contributed by atoms with van der Waals surface area (Å²) >= 11 is 11.9. The summed E-state index contributed by atoms with van der Waals surface area (Å²) in [5.41, 5.74) is 0. The van der Waals surface area contributed by atoms with Crippen molar-refractivity contribution in [2.45, 2.75) is 19.3 Å². The third kappa shape index (κ3) is 1.34. The van der Waals surface area contributed by atoms with Gasteiger partial charge in [-0.25, -0.2) is 0 Å². The molecule has 0 atom stereocenters. The lowest BCUT2D eigenvalue weighted by molar-refractivity contribution is 0.579. The minimum Gasteiger partial charge on any atom is -0.319 e. The Hall–Kier alpha value is -0.210. The molecule has 0 bridgehead atoms. The van der Waals surface area contributed by atoms with Crippen molar-refractivity contribution in [2.75, 3.05) is 13.1 Å². The highest BCUT2D eigenvalue weighted by Crippen LogP contribution is 2.30. The summed E-state index contributed by atoms with van der Waals surface area (Å²) in [5, 5.41) is 1.45. The molecule has 2 aliphatic rings. The SMILES string of the molecule is ClC1=C(Cl)N(C2=NCCC2)CC1. The molecule has 0 amide bonds. The van der Waals surface area contributed by atoms with E-state index in [0.717, 1.165) is 43.2 Å². The van der Waals surface area contributed by atoms with Crippen molar-refractivity contribution in [1.82, 2.24) is 4.90 Å². The maximum Gasteiger partial charge on any atom is 0.124 e. The van der Waals surface area contributed by atoms with Gasteiger partial charge in [0.05, 0.1) is 5.03 Å². The second-order valence-corrected chi connectivity index (χ2v) is 3.81. The molecule has 0 saturated carbocycles. The smallest absolute Gasteiger partial charge is 0.124 e. The zero-order valence-electron chi connectivity index (χ0n) is 6.69. The van der Waals surface area contributed by atoms with Crippen LogP contribution in [0.25, 0.3) is 0 Å². The van der Waals surface area contributed by atoms with Crippen LogP contribution in [0.2, 0.25) is 0 Å². The van der Waals surface area contributed by atoms with Crippen molar-refractivity contribution in [3.63, 3.8) is 0 Å². The van der Waals surface area contributed by atoms with Gasteiger partial charge in [0.15, 0.2) is 0 Å². The molecule has 0 saturated heterocycles. The fraction of sp³-hybridized carbons (Fsp3) is 0.625. The van der Waals surface area contributed by atoms with Gasteiger partial charge in [0.2, 0.25) is 0 Å². The first-order chi connectivity index (χ1) is 5.79. The summed E-state index contributed by atoms with van der Waals surface area (Å²) < 4.78 is 0. The van der Waals surface area contributed by atoms with Gasteiger partial charge in [0, 0.05) is 25.9 Å². The van der Waals surface area contributed by atoms with E-state index in [1.807, 2.05) is 4.90 Å². The molecule has 0 spiro atoms. The van der Waals surface area contributed by atoms with Crippen molar-refractivity contribution in [2.24, 2.45) is 4.99 Å². The number of amidine groups is 1. The molecule has 4 heteroatoms. The van der Waals surface area contributed by atoms with Crippen LogP contribution in [0.3, 0.4) is 0 Å². The fourth-order valence-corrected chi connectivity index (χ4v) is 2.01. The van der Waals surface area contributed by atoms with E-state index in [1.54, 1.807) is 0 Å². The second kappa shape index (κ2) is 3.27. The Balaban J connectivity index is 2.15. The standard InChI is InChI=1S/C8H10Cl2N2/c9-6-3-5-12(8(6)10)7-2-1-4-11-7/h1-5H2. The number of aliphatic imine (C=N–C) groups is 1. The monoisotopic (exact) mass is 204 g/mol. The van der Waals surface area contributed by atoms with Gasteiger partial charge in [-0.3, -0.25) is 4.99 Å². The molecular formula is C8H10Cl2N2. The van der Waals surface area contributed by atoms with E-state index in [9.17, 15) is 0 Å². The molecule has 0 aromatic heterocycles. The van der Waals surface area contributed by atoms with Crippen molar-refractivity contribution < 1.29 is 0 Å². The van der Waals surface area contributed by atoms with Gasteiger partial charge in [-0.05, 0) is 6.42 Å². The molecule has 2 rings (SSSR count). The molecule has 2 nitrogen and oxygen atoms in total. The van der Waals surface area contributed by atoms with Crippen molar-refractivity contribution in [3.05, 3.63) is 10.2 Å². The molecule has 2 heterocycles. The predicted octanol–water partition coefficient (Wildman–Crippen LogP) is 2.53. The highest BCUT2D eigenvalue weighted by atomic mass is 35.5. The highest BCUT2D eigenvalue weighted by Gasteiger charge is 2.24. The molecule has 0 fully saturated rings. The van der Waals surface area contributed by atoms with E-state index in [-0.39, 0.29) is 0 Å². The topological polar surface area (TPSA) is 15.6 Å². The normalized spacial score (nSPS) is 23.8. The van der Waals surface area contributed by atoms with Crippen LogP contribution < -0.4 is 0 Å². The van der Waals surface area contributed by atoms with Crippen LogP contribution in [-0.2, 0) is 0 Å². The van der Waals surface area contributed by atoms with Crippen LogP contribution in [0.4, 0.5) is 0 Å². The lowest BCUT2D eigenvalue weighted by Gasteiger charge is -2.17. The highest BCUT2D eigenvalue weighted by molar-refractivity contribution is 6.40. The predicted molar refractivity (Wildman–Crippen MR) is 51.6 cm³/mol. The van der Waals surface area contributed by atoms with Gasteiger partial charge >= 0.3 is 0 Å². The van der Waals surface area contributed by atoms with Gasteiger partial charge in [0.25, 0.3) is 0 Å². The summed E-state index contributed by atoms with van der Waals surface area (Å²) in [6, 6.07) is 0. The van der Waals surface area contributed by atoms with Crippen LogP contribution in [-0.4, -0.2) is 23.8 Å². The lowest BCUT2D eigenvalue weighted by atomic mass is 10.3. The Morgan fingerprint density at radius 3 is 2.58 bits per heavy atom. The van der Waals surface area contributed by atoms with Gasteiger partial charge in [0.1, 0.15) is 11.0 Å². The third-order valence-corrected chi connectivity index (χ3v) is 3.08. The third-order valence-electron chi connectivity index (χ3n) is 2.18. The van der Waals surface area contributed by atoms with E-state index in [1.165, 1.54) is 0 Å². The summed E-state index contributed by atoms with van der Waals surface area (Å²) in [4.78, 5) is 6.39. The van der Waals surface area contributed by atoms with Crippen molar-refractivity contribution in [1.29, 1.82) is 0 Å². The average molecular weight is 205 g/mol. The van der Waals surface area contributed by atoms with Gasteiger partial charge < -0.3 is 4.90 Å². The lowest BCUT2D eigenvalue weighted by Crippen LogP contribution is -2.24. The first kappa shape index (κ1) is 8.39. The average Bonchev–Trinajstić information content (AvgIpc) is 2.64. The largest absolute Gasteiger partial charge is 0.319 e. The summed E-state index contributed by atoms with van der Waals surface area (Å²) in [5.74, 6) is 1.11. The maximum atomic E-state index is 6.00. The van der Waals surface area contributed by atoms with E-state index in [2.05, 4.69) is 4.99 Å². The number of nitrogens with zero attached hydrogens (tertiary/aromatic N) is 2. The van der Waals surface area contributed by atoms with Crippen molar-refractivity contribution in [3.8, 4) is 0 Å². The van der Waals surface area contributed by atoms with Gasteiger partial charge in [-0.2, -0.15) is 0 Å². The molecule has 0 aliphatic carbocycles. The zero-order valence-corrected chi connectivity index (χ0v) is 8.20. The van der Waals surface area contributed by atoms with E-state index < -0.39 is 0 Å². The number of hydrogen-bond donors (Lipinski definition) is 0. The van der Waals surface area contributed by atoms with Crippen molar-refractivity contribution >= 4 is 29.0 Å². The van der Waals surface area contributed by atoms with Crippen LogP contribution in [0.1, 0.15) is 19.3 Å². The Labute approximate surface area is 81.9 Å². The Morgan fingerprint density at radius 1 is 1.25 bits per heavy atom. The summed E-state index contributed by atoms with van der Waals surface area (Å²) in [7, 11) is 0. The first-order valence-corrected chi connectivity index (χ1v) is 4.89. The van der Waals surface area contributed by atoms with Crippen LogP contribution in [0.15, 0.2) is 15.2 Å². The molecule has 12 heavy (non-hydrogen) atoms. The minimum atomic E-state index is 0.678. The number of halogens is 2. The van der Waals surface area contributed by atoms with E-state index in [4.69, 9.17) is 23.2 Å². The quantitative estimate of drug-likeness (QED) is 0.555. The minimum absolute atomic E-state index is 0.678. The zero-order chi connectivity index (χ0) is 8.55. The molecular weight excluding hydrogens is 195 g/mol.